The van der Waals surface area contributed by atoms with Crippen LogP contribution in [0.3, 0.4) is 0 Å². The van der Waals surface area contributed by atoms with Gasteiger partial charge in [0.25, 0.3) is 0 Å². The van der Waals surface area contributed by atoms with Crippen molar-refractivity contribution in [3.05, 3.63) is 35.4 Å². The third kappa shape index (κ3) is 4.84. The highest BCUT2D eigenvalue weighted by molar-refractivity contribution is 5.19. The molecule has 0 heterocycles. The van der Waals surface area contributed by atoms with Crippen LogP contribution in [0.4, 0.5) is 8.78 Å². The average Bonchev–Trinajstić information content (AvgIpc) is 2.46. The molecule has 0 radical (unpaired) electrons. The van der Waals surface area contributed by atoms with Crippen molar-refractivity contribution < 1.29 is 13.5 Å². The highest BCUT2D eigenvalue weighted by Crippen LogP contribution is 2.20. The average molecular weight is 283 g/mol. The molecule has 0 aliphatic heterocycles. The normalized spacial score (nSPS) is 16.5. The molecular formula is C16H23F2NO. The Morgan fingerprint density at radius 3 is 2.50 bits per heavy atom. The second-order valence-corrected chi connectivity index (χ2v) is 5.36. The predicted molar refractivity (Wildman–Crippen MR) is 75.5 cm³/mol. The van der Waals surface area contributed by atoms with E-state index in [1.807, 2.05) is 0 Å². The fraction of sp³-hybridized carbons (Fsp3) is 0.625. The molecule has 1 N–H and O–H groups in total. The fourth-order valence-corrected chi connectivity index (χ4v) is 2.59. The zero-order valence-corrected chi connectivity index (χ0v) is 11.8. The lowest BCUT2D eigenvalue weighted by atomic mass is 9.98. The molecule has 1 aliphatic carbocycles. The maximum absolute atomic E-state index is 13.4. The summed E-state index contributed by atoms with van der Waals surface area (Å²) in [5.74, 6) is -0.980. The van der Waals surface area contributed by atoms with Crippen molar-refractivity contribution in [2.24, 2.45) is 0 Å². The van der Waals surface area contributed by atoms with E-state index >= 15 is 0 Å². The Hall–Kier alpha value is -1.00. The number of hydrogen-bond acceptors (Lipinski definition) is 2. The maximum Gasteiger partial charge on any atom is 0.130 e. The van der Waals surface area contributed by atoms with Crippen LogP contribution in [0, 0.1) is 11.6 Å². The van der Waals surface area contributed by atoms with Crippen LogP contribution in [0.15, 0.2) is 18.2 Å². The van der Waals surface area contributed by atoms with Gasteiger partial charge in [-0.3, -0.25) is 0 Å². The number of ether oxygens (including phenoxy) is 1. The summed E-state index contributed by atoms with van der Waals surface area (Å²) in [6, 6.07) is 3.95. The number of rotatable bonds is 7. The van der Waals surface area contributed by atoms with Crippen molar-refractivity contribution in [3.8, 4) is 0 Å². The van der Waals surface area contributed by atoms with Gasteiger partial charge in [0, 0.05) is 18.7 Å². The molecule has 1 aromatic rings. The zero-order valence-electron chi connectivity index (χ0n) is 11.8. The van der Waals surface area contributed by atoms with Crippen molar-refractivity contribution in [3.63, 3.8) is 0 Å². The lowest BCUT2D eigenvalue weighted by Crippen LogP contribution is -2.21. The summed E-state index contributed by atoms with van der Waals surface area (Å²) in [4.78, 5) is 0. The highest BCUT2D eigenvalue weighted by atomic mass is 19.1. The third-order valence-corrected chi connectivity index (χ3v) is 3.77. The summed E-state index contributed by atoms with van der Waals surface area (Å²) in [5.41, 5.74) is 0.112. The first-order chi connectivity index (χ1) is 9.77. The van der Waals surface area contributed by atoms with Crippen LogP contribution in [0.1, 0.15) is 44.1 Å². The van der Waals surface area contributed by atoms with Crippen molar-refractivity contribution in [2.75, 3.05) is 13.2 Å². The zero-order chi connectivity index (χ0) is 14.2. The van der Waals surface area contributed by atoms with Gasteiger partial charge in [-0.15, -0.1) is 0 Å². The Morgan fingerprint density at radius 1 is 1.10 bits per heavy atom. The van der Waals surface area contributed by atoms with Crippen LogP contribution in [0.2, 0.25) is 0 Å². The van der Waals surface area contributed by atoms with Crippen molar-refractivity contribution in [1.29, 1.82) is 0 Å². The van der Waals surface area contributed by atoms with Crippen LogP contribution in [-0.4, -0.2) is 19.3 Å². The molecule has 0 unspecified atom stereocenters. The molecule has 20 heavy (non-hydrogen) atoms. The number of hydrogen-bond donors (Lipinski definition) is 1. The summed E-state index contributed by atoms with van der Waals surface area (Å²) < 4.78 is 32.5. The molecule has 0 aromatic heterocycles. The molecule has 2 rings (SSSR count). The van der Waals surface area contributed by atoms with E-state index in [1.54, 1.807) is 0 Å². The molecule has 1 fully saturated rings. The summed E-state index contributed by atoms with van der Waals surface area (Å²) in [5, 5.41) is 3.06. The van der Waals surface area contributed by atoms with E-state index in [4.69, 9.17) is 4.74 Å². The van der Waals surface area contributed by atoms with Crippen LogP contribution >= 0.6 is 0 Å². The van der Waals surface area contributed by atoms with Gasteiger partial charge in [0.05, 0.1) is 6.10 Å². The molecule has 4 heteroatoms. The molecule has 112 valence electrons. The minimum atomic E-state index is -0.490. The van der Waals surface area contributed by atoms with Gasteiger partial charge in [0.2, 0.25) is 0 Å². The first-order valence-electron chi connectivity index (χ1n) is 7.52. The van der Waals surface area contributed by atoms with Crippen LogP contribution in [-0.2, 0) is 11.3 Å². The molecule has 0 saturated heterocycles. The van der Waals surface area contributed by atoms with Gasteiger partial charge in [0.1, 0.15) is 11.6 Å². The molecule has 0 spiro atoms. The van der Waals surface area contributed by atoms with Gasteiger partial charge >= 0.3 is 0 Å². The van der Waals surface area contributed by atoms with Crippen LogP contribution in [0.5, 0.6) is 0 Å². The Bertz CT molecular complexity index is 385. The van der Waals surface area contributed by atoms with E-state index in [0.29, 0.717) is 12.6 Å². The van der Waals surface area contributed by atoms with Crippen LogP contribution in [0.25, 0.3) is 0 Å². The third-order valence-electron chi connectivity index (χ3n) is 3.77. The van der Waals surface area contributed by atoms with E-state index in [1.165, 1.54) is 50.3 Å². The van der Waals surface area contributed by atoms with E-state index in [-0.39, 0.29) is 12.1 Å². The Kier molecular flexibility index (Phi) is 6.40. The van der Waals surface area contributed by atoms with E-state index in [0.717, 1.165) is 13.0 Å². The second kappa shape index (κ2) is 8.32. The van der Waals surface area contributed by atoms with Gasteiger partial charge in [-0.05, 0) is 37.9 Å². The highest BCUT2D eigenvalue weighted by Gasteiger charge is 2.13. The van der Waals surface area contributed by atoms with Gasteiger partial charge in [-0.1, -0.05) is 25.3 Å². The van der Waals surface area contributed by atoms with Crippen LogP contribution < -0.4 is 5.32 Å². The Labute approximate surface area is 119 Å². The van der Waals surface area contributed by atoms with Gasteiger partial charge in [-0.2, -0.15) is 0 Å². The maximum atomic E-state index is 13.4. The number of benzene rings is 1. The summed E-state index contributed by atoms with van der Waals surface area (Å²) >= 11 is 0. The first-order valence-corrected chi connectivity index (χ1v) is 7.52. The largest absolute Gasteiger partial charge is 0.378 e. The standard InChI is InChI=1S/C16H23F2NO/c17-15-8-4-9-16(18)14(15)12-19-10-5-11-20-13-6-2-1-3-7-13/h4,8-9,13,19H,1-3,5-7,10-12H2. The van der Waals surface area contributed by atoms with Crippen molar-refractivity contribution in [2.45, 2.75) is 51.2 Å². The molecule has 1 saturated carbocycles. The minimum absolute atomic E-state index is 0.112. The van der Waals surface area contributed by atoms with Crippen molar-refractivity contribution >= 4 is 0 Å². The summed E-state index contributed by atoms with van der Waals surface area (Å²) in [6.07, 6.45) is 7.52. The lowest BCUT2D eigenvalue weighted by Gasteiger charge is -2.21. The monoisotopic (exact) mass is 283 g/mol. The predicted octanol–water partition coefficient (Wildman–Crippen LogP) is 3.79. The molecule has 1 aromatic carbocycles. The lowest BCUT2D eigenvalue weighted by molar-refractivity contribution is 0.0273. The first kappa shape index (κ1) is 15.4. The molecule has 0 atom stereocenters. The van der Waals surface area contributed by atoms with Gasteiger partial charge < -0.3 is 10.1 Å². The Balaban J connectivity index is 1.57. The van der Waals surface area contributed by atoms with E-state index in [9.17, 15) is 8.78 Å². The fourth-order valence-electron chi connectivity index (χ4n) is 2.59. The number of nitrogens with one attached hydrogen (secondary N) is 1. The molecule has 0 bridgehead atoms. The SMILES string of the molecule is Fc1cccc(F)c1CNCCCOC1CCCCC1. The topological polar surface area (TPSA) is 21.3 Å². The summed E-state index contributed by atoms with van der Waals surface area (Å²) in [6.45, 7) is 1.65. The quantitative estimate of drug-likeness (QED) is 0.769. The molecule has 0 amide bonds. The molecule has 1 aliphatic rings. The second-order valence-electron chi connectivity index (χ2n) is 5.36. The summed E-state index contributed by atoms with van der Waals surface area (Å²) in [7, 11) is 0. The Morgan fingerprint density at radius 2 is 1.80 bits per heavy atom. The van der Waals surface area contributed by atoms with Gasteiger partial charge in [0.15, 0.2) is 0 Å². The minimum Gasteiger partial charge on any atom is -0.378 e. The molecular weight excluding hydrogens is 260 g/mol. The smallest absolute Gasteiger partial charge is 0.130 e. The van der Waals surface area contributed by atoms with Gasteiger partial charge in [-0.25, -0.2) is 8.78 Å². The van der Waals surface area contributed by atoms with E-state index < -0.39 is 11.6 Å². The van der Waals surface area contributed by atoms with Crippen molar-refractivity contribution in [1.82, 2.24) is 5.32 Å². The molecule has 2 nitrogen and oxygen atoms in total. The number of halogens is 2. The van der Waals surface area contributed by atoms with E-state index in [2.05, 4.69) is 5.32 Å².